The minimum atomic E-state index is 0.797. The Kier molecular flexibility index (Phi) is 4.10. The Bertz CT molecular complexity index is 464. The summed E-state index contributed by atoms with van der Waals surface area (Å²) < 4.78 is 6.99. The molecule has 0 radical (unpaired) electrons. The van der Waals surface area contributed by atoms with E-state index < -0.39 is 0 Å². The third-order valence-corrected chi connectivity index (χ3v) is 4.54. The average molecular weight is 325 g/mol. The molecule has 0 bridgehead atoms. The molecule has 1 aromatic rings. The summed E-state index contributed by atoms with van der Waals surface area (Å²) in [5, 5.41) is 3.29. The van der Waals surface area contributed by atoms with Crippen LogP contribution in [-0.4, -0.2) is 38.2 Å². The molecule has 1 fully saturated rings. The van der Waals surface area contributed by atoms with E-state index in [1.54, 1.807) is 0 Å². The van der Waals surface area contributed by atoms with Crippen molar-refractivity contribution in [1.29, 1.82) is 0 Å². The highest BCUT2D eigenvalue weighted by Crippen LogP contribution is 2.34. The van der Waals surface area contributed by atoms with Gasteiger partial charge in [-0.2, -0.15) is 0 Å². The Morgan fingerprint density at radius 2 is 2.37 bits per heavy atom. The normalized spacial score (nSPS) is 22.5. The first-order chi connectivity index (χ1) is 9.26. The van der Waals surface area contributed by atoms with E-state index in [2.05, 4.69) is 38.3 Å². The highest BCUT2D eigenvalue weighted by Gasteiger charge is 2.24. The van der Waals surface area contributed by atoms with Crippen LogP contribution in [0.1, 0.15) is 17.5 Å². The van der Waals surface area contributed by atoms with Gasteiger partial charge >= 0.3 is 0 Å². The van der Waals surface area contributed by atoms with Crippen LogP contribution in [-0.2, 0) is 13.0 Å². The summed E-state index contributed by atoms with van der Waals surface area (Å²) in [5.74, 6) is 1.94. The van der Waals surface area contributed by atoms with Crippen LogP contribution < -0.4 is 10.1 Å². The fraction of sp³-hybridized carbons (Fsp3) is 0.600. The van der Waals surface area contributed by atoms with Gasteiger partial charge in [-0.05, 0) is 50.2 Å². The van der Waals surface area contributed by atoms with Crippen LogP contribution in [0, 0.1) is 5.92 Å². The zero-order valence-electron chi connectivity index (χ0n) is 11.4. The molecule has 2 aliphatic heterocycles. The van der Waals surface area contributed by atoms with Crippen molar-refractivity contribution < 1.29 is 4.74 Å². The number of nitrogens with one attached hydrogen (secondary N) is 1. The van der Waals surface area contributed by atoms with Crippen molar-refractivity contribution in [2.45, 2.75) is 19.4 Å². The quantitative estimate of drug-likeness (QED) is 0.920. The highest BCUT2D eigenvalue weighted by molar-refractivity contribution is 9.10. The minimum absolute atomic E-state index is 0.797. The number of benzene rings is 1. The van der Waals surface area contributed by atoms with Crippen LogP contribution in [0.3, 0.4) is 0 Å². The van der Waals surface area contributed by atoms with Crippen molar-refractivity contribution in [1.82, 2.24) is 10.2 Å². The summed E-state index contributed by atoms with van der Waals surface area (Å²) in [7, 11) is 2.04. The first-order valence-corrected chi connectivity index (χ1v) is 7.86. The number of ether oxygens (including phenoxy) is 1. The minimum Gasteiger partial charge on any atom is -0.493 e. The molecule has 3 rings (SSSR count). The van der Waals surface area contributed by atoms with Gasteiger partial charge in [-0.25, -0.2) is 0 Å². The molecule has 1 saturated heterocycles. The molecule has 104 valence electrons. The molecule has 0 aromatic heterocycles. The van der Waals surface area contributed by atoms with E-state index >= 15 is 0 Å². The summed E-state index contributed by atoms with van der Waals surface area (Å²) in [5.41, 5.74) is 2.70. The largest absolute Gasteiger partial charge is 0.493 e. The van der Waals surface area contributed by atoms with Gasteiger partial charge in [-0.3, -0.25) is 4.90 Å². The van der Waals surface area contributed by atoms with Crippen molar-refractivity contribution in [2.24, 2.45) is 5.92 Å². The van der Waals surface area contributed by atoms with Crippen molar-refractivity contribution in [2.75, 3.05) is 33.3 Å². The molecular weight excluding hydrogens is 304 g/mol. The van der Waals surface area contributed by atoms with Gasteiger partial charge < -0.3 is 10.1 Å². The maximum Gasteiger partial charge on any atom is 0.127 e. The Balaban J connectivity index is 1.71. The first-order valence-electron chi connectivity index (χ1n) is 7.07. The third-order valence-electron chi connectivity index (χ3n) is 4.08. The molecule has 1 N–H and O–H groups in total. The maximum atomic E-state index is 5.81. The predicted molar refractivity (Wildman–Crippen MR) is 80.7 cm³/mol. The van der Waals surface area contributed by atoms with Gasteiger partial charge in [0.15, 0.2) is 0 Å². The number of fused-ring (bicyclic) bond motifs is 1. The number of halogens is 1. The number of hydrogen-bond donors (Lipinski definition) is 1. The summed E-state index contributed by atoms with van der Waals surface area (Å²) in [6.07, 6.45) is 2.35. The van der Waals surface area contributed by atoms with Crippen LogP contribution in [0.15, 0.2) is 16.6 Å². The van der Waals surface area contributed by atoms with Gasteiger partial charge in [0.2, 0.25) is 0 Å². The van der Waals surface area contributed by atoms with E-state index in [0.717, 1.165) is 37.8 Å². The topological polar surface area (TPSA) is 24.5 Å². The third kappa shape index (κ3) is 2.96. The van der Waals surface area contributed by atoms with E-state index in [1.807, 2.05) is 7.05 Å². The molecule has 19 heavy (non-hydrogen) atoms. The van der Waals surface area contributed by atoms with Crippen LogP contribution in [0.5, 0.6) is 5.75 Å². The van der Waals surface area contributed by atoms with Crippen molar-refractivity contribution >= 4 is 15.9 Å². The van der Waals surface area contributed by atoms with Crippen molar-refractivity contribution in [3.05, 3.63) is 27.7 Å². The average Bonchev–Trinajstić information content (AvgIpc) is 2.98. The number of rotatable bonds is 4. The van der Waals surface area contributed by atoms with Gasteiger partial charge in [0, 0.05) is 29.5 Å². The fourth-order valence-electron chi connectivity index (χ4n) is 3.22. The maximum absolute atomic E-state index is 5.81. The number of hydrogen-bond acceptors (Lipinski definition) is 3. The van der Waals surface area contributed by atoms with Gasteiger partial charge in [-0.15, -0.1) is 0 Å². The molecule has 0 spiro atoms. The molecule has 1 aromatic carbocycles. The van der Waals surface area contributed by atoms with E-state index in [0.29, 0.717) is 0 Å². The molecule has 0 aliphatic carbocycles. The predicted octanol–water partition coefficient (Wildman–Crippen LogP) is 2.43. The lowest BCUT2D eigenvalue weighted by Crippen LogP contribution is -2.24. The van der Waals surface area contributed by atoms with E-state index in [1.165, 1.54) is 35.1 Å². The second kappa shape index (κ2) is 5.81. The van der Waals surface area contributed by atoms with Crippen LogP contribution in [0.2, 0.25) is 0 Å². The Morgan fingerprint density at radius 1 is 1.47 bits per heavy atom. The molecule has 0 amide bonds. The summed E-state index contributed by atoms with van der Waals surface area (Å²) in [4.78, 5) is 2.55. The fourth-order valence-corrected chi connectivity index (χ4v) is 3.77. The monoisotopic (exact) mass is 324 g/mol. The lowest BCUT2D eigenvalue weighted by Gasteiger charge is -2.18. The Morgan fingerprint density at radius 3 is 3.21 bits per heavy atom. The van der Waals surface area contributed by atoms with E-state index in [9.17, 15) is 0 Å². The van der Waals surface area contributed by atoms with Crippen molar-refractivity contribution in [3.63, 3.8) is 0 Å². The second-order valence-electron chi connectivity index (χ2n) is 5.60. The molecular formula is C15H21BrN2O. The molecule has 1 atom stereocenters. The van der Waals surface area contributed by atoms with Gasteiger partial charge in [0.05, 0.1) is 6.61 Å². The zero-order chi connectivity index (χ0) is 13.2. The molecule has 4 heteroatoms. The standard InChI is InChI=1S/C15H21BrN2O/c1-17-8-11-2-4-18(9-11)10-13-7-14(16)6-12-3-5-19-15(12)13/h6-7,11,17H,2-5,8-10H2,1H3. The van der Waals surface area contributed by atoms with Crippen LogP contribution >= 0.6 is 15.9 Å². The molecule has 2 heterocycles. The summed E-state index contributed by atoms with van der Waals surface area (Å²) >= 11 is 3.62. The van der Waals surface area contributed by atoms with E-state index in [4.69, 9.17) is 4.74 Å². The van der Waals surface area contributed by atoms with Gasteiger partial charge in [0.25, 0.3) is 0 Å². The molecule has 1 unspecified atom stereocenters. The van der Waals surface area contributed by atoms with Gasteiger partial charge in [0.1, 0.15) is 5.75 Å². The Hall–Kier alpha value is -0.580. The highest BCUT2D eigenvalue weighted by atomic mass is 79.9. The summed E-state index contributed by atoms with van der Waals surface area (Å²) in [6, 6.07) is 4.41. The van der Waals surface area contributed by atoms with Crippen molar-refractivity contribution in [3.8, 4) is 5.75 Å². The lowest BCUT2D eigenvalue weighted by atomic mass is 10.1. The molecule has 2 aliphatic rings. The smallest absolute Gasteiger partial charge is 0.127 e. The number of likely N-dealkylation sites (tertiary alicyclic amines) is 1. The Labute approximate surface area is 123 Å². The molecule has 3 nitrogen and oxygen atoms in total. The lowest BCUT2D eigenvalue weighted by molar-refractivity contribution is 0.302. The molecule has 0 saturated carbocycles. The zero-order valence-corrected chi connectivity index (χ0v) is 13.0. The summed E-state index contributed by atoms with van der Waals surface area (Å²) in [6.45, 7) is 5.38. The van der Waals surface area contributed by atoms with Crippen LogP contribution in [0.25, 0.3) is 0 Å². The van der Waals surface area contributed by atoms with Crippen LogP contribution in [0.4, 0.5) is 0 Å². The first kappa shape index (κ1) is 13.4. The van der Waals surface area contributed by atoms with E-state index in [-0.39, 0.29) is 0 Å². The SMILES string of the molecule is CNCC1CCN(Cc2cc(Br)cc3c2OCC3)C1. The van der Waals surface area contributed by atoms with Gasteiger partial charge in [-0.1, -0.05) is 15.9 Å². The second-order valence-corrected chi connectivity index (χ2v) is 6.51. The number of nitrogens with zero attached hydrogens (tertiary/aromatic N) is 1.